The number of rotatable bonds is 2. The maximum atomic E-state index is 11.8. The molecule has 0 bridgehead atoms. The Morgan fingerprint density at radius 2 is 1.83 bits per heavy atom. The maximum absolute atomic E-state index is 11.8. The fourth-order valence-electron chi connectivity index (χ4n) is 2.35. The van der Waals surface area contributed by atoms with Gasteiger partial charge in [0.2, 0.25) is 0 Å². The molecule has 18 heavy (non-hydrogen) atoms. The summed E-state index contributed by atoms with van der Waals surface area (Å²) in [6.07, 6.45) is 1.94. The number of nitrogens with two attached hydrogens (primary N) is 1. The summed E-state index contributed by atoms with van der Waals surface area (Å²) in [5, 5.41) is 2.52. The summed E-state index contributed by atoms with van der Waals surface area (Å²) in [6.45, 7) is 8.73. The van der Waals surface area contributed by atoms with E-state index in [0.29, 0.717) is 32.1 Å². The zero-order valence-corrected chi connectivity index (χ0v) is 11.7. The molecule has 104 valence electrons. The van der Waals surface area contributed by atoms with Crippen molar-refractivity contribution in [2.45, 2.75) is 33.6 Å². The van der Waals surface area contributed by atoms with E-state index in [4.69, 9.17) is 5.73 Å². The van der Waals surface area contributed by atoms with Gasteiger partial charge >= 0.3 is 11.8 Å². The van der Waals surface area contributed by atoms with E-state index in [1.54, 1.807) is 4.90 Å². The van der Waals surface area contributed by atoms with Crippen LogP contribution >= 0.6 is 0 Å². The lowest BCUT2D eigenvalue weighted by Crippen LogP contribution is -2.48. The molecular weight excluding hydrogens is 230 g/mol. The minimum absolute atomic E-state index is 0.275. The van der Waals surface area contributed by atoms with Gasteiger partial charge in [0.05, 0.1) is 0 Å². The molecule has 1 heterocycles. The minimum Gasteiger partial charge on any atom is -0.347 e. The van der Waals surface area contributed by atoms with E-state index in [1.165, 1.54) is 0 Å². The molecule has 0 aromatic rings. The van der Waals surface area contributed by atoms with Crippen LogP contribution in [0.3, 0.4) is 0 Å². The smallest absolute Gasteiger partial charge is 0.311 e. The Hall–Kier alpha value is -1.10. The first-order chi connectivity index (χ1) is 8.36. The summed E-state index contributed by atoms with van der Waals surface area (Å²) in [4.78, 5) is 25.0. The van der Waals surface area contributed by atoms with Crippen LogP contribution in [-0.2, 0) is 9.59 Å². The Labute approximate surface area is 109 Å². The third kappa shape index (κ3) is 3.98. The molecule has 0 unspecified atom stereocenters. The van der Waals surface area contributed by atoms with E-state index in [9.17, 15) is 9.59 Å². The van der Waals surface area contributed by atoms with E-state index in [2.05, 4.69) is 26.1 Å². The first-order valence-corrected chi connectivity index (χ1v) is 6.63. The van der Waals surface area contributed by atoms with Crippen LogP contribution in [-0.4, -0.2) is 42.9 Å². The van der Waals surface area contributed by atoms with Crippen molar-refractivity contribution < 1.29 is 9.59 Å². The number of hydrogen-bond donors (Lipinski definition) is 2. The van der Waals surface area contributed by atoms with Crippen molar-refractivity contribution in [3.8, 4) is 0 Å². The molecule has 0 spiro atoms. The highest BCUT2D eigenvalue weighted by Gasteiger charge is 2.32. The first-order valence-electron chi connectivity index (χ1n) is 6.63. The van der Waals surface area contributed by atoms with E-state index < -0.39 is 11.8 Å². The van der Waals surface area contributed by atoms with Gasteiger partial charge in [-0.05, 0) is 24.2 Å². The molecule has 1 fully saturated rings. The number of carbonyl (C=O) groups is 2. The number of hydrogen-bond acceptors (Lipinski definition) is 3. The molecule has 1 saturated heterocycles. The van der Waals surface area contributed by atoms with Gasteiger partial charge in [0.15, 0.2) is 0 Å². The molecular formula is C13H25N3O2. The topological polar surface area (TPSA) is 75.4 Å². The number of piperidine rings is 1. The summed E-state index contributed by atoms with van der Waals surface area (Å²) in [6, 6.07) is 0. The molecule has 0 aliphatic carbocycles. The molecule has 3 N–H and O–H groups in total. The Morgan fingerprint density at radius 1 is 1.28 bits per heavy atom. The van der Waals surface area contributed by atoms with Gasteiger partial charge in [-0.2, -0.15) is 0 Å². The Morgan fingerprint density at radius 3 is 2.28 bits per heavy atom. The molecule has 0 radical (unpaired) electrons. The molecule has 1 aliphatic rings. The predicted octanol–water partition coefficient (Wildman–Crippen LogP) is 0.346. The molecule has 1 aliphatic heterocycles. The molecule has 0 saturated carbocycles. The number of nitrogens with one attached hydrogen (secondary N) is 1. The van der Waals surface area contributed by atoms with Crippen LogP contribution in [0.15, 0.2) is 0 Å². The zero-order valence-electron chi connectivity index (χ0n) is 11.7. The van der Waals surface area contributed by atoms with Crippen LogP contribution in [0.2, 0.25) is 0 Å². The second kappa shape index (κ2) is 6.18. The summed E-state index contributed by atoms with van der Waals surface area (Å²) in [7, 11) is 0. The summed E-state index contributed by atoms with van der Waals surface area (Å²) in [5.41, 5.74) is 5.56. The summed E-state index contributed by atoms with van der Waals surface area (Å²) < 4.78 is 0. The number of amides is 2. The quantitative estimate of drug-likeness (QED) is 0.699. The highest BCUT2D eigenvalue weighted by atomic mass is 16.2. The van der Waals surface area contributed by atoms with E-state index >= 15 is 0 Å². The van der Waals surface area contributed by atoms with Gasteiger partial charge in [0.25, 0.3) is 0 Å². The lowest BCUT2D eigenvalue weighted by molar-refractivity contribution is -0.147. The van der Waals surface area contributed by atoms with Gasteiger partial charge in [-0.15, -0.1) is 0 Å². The van der Waals surface area contributed by atoms with Gasteiger partial charge in [-0.3, -0.25) is 9.59 Å². The average molecular weight is 255 g/mol. The normalized spacial score (nSPS) is 17.7. The van der Waals surface area contributed by atoms with Crippen molar-refractivity contribution in [1.29, 1.82) is 0 Å². The summed E-state index contributed by atoms with van der Waals surface area (Å²) >= 11 is 0. The predicted molar refractivity (Wildman–Crippen MR) is 70.8 cm³/mol. The van der Waals surface area contributed by atoms with E-state index in [1.807, 2.05) is 0 Å². The third-order valence-electron chi connectivity index (χ3n) is 3.63. The van der Waals surface area contributed by atoms with E-state index in [0.717, 1.165) is 12.8 Å². The highest BCUT2D eigenvalue weighted by molar-refractivity contribution is 6.35. The number of nitrogens with zero attached hydrogens (tertiary/aromatic N) is 1. The largest absolute Gasteiger partial charge is 0.347 e. The van der Waals surface area contributed by atoms with Crippen molar-refractivity contribution in [2.75, 3.05) is 26.2 Å². The SMILES string of the molecule is CC(C)(C)C1CCN(C(=O)C(=O)NCCN)CC1. The average Bonchev–Trinajstić information content (AvgIpc) is 2.34. The van der Waals surface area contributed by atoms with Crippen LogP contribution in [0.25, 0.3) is 0 Å². The lowest BCUT2D eigenvalue weighted by Gasteiger charge is -2.38. The molecule has 5 nitrogen and oxygen atoms in total. The second-order valence-corrected chi connectivity index (χ2v) is 5.98. The Bertz CT molecular complexity index is 302. The van der Waals surface area contributed by atoms with Crippen LogP contribution in [0, 0.1) is 11.3 Å². The molecule has 0 atom stereocenters. The standard InChI is InChI=1S/C13H25N3O2/c1-13(2,3)10-4-8-16(9-5-10)12(18)11(17)15-7-6-14/h10H,4-9,14H2,1-3H3,(H,15,17). The first kappa shape index (κ1) is 15.0. The van der Waals surface area contributed by atoms with Gasteiger partial charge < -0.3 is 16.0 Å². The number of carbonyl (C=O) groups excluding carboxylic acids is 2. The van der Waals surface area contributed by atoms with Crippen molar-refractivity contribution in [3.05, 3.63) is 0 Å². The van der Waals surface area contributed by atoms with Crippen molar-refractivity contribution >= 4 is 11.8 Å². The second-order valence-electron chi connectivity index (χ2n) is 5.98. The monoisotopic (exact) mass is 255 g/mol. The number of likely N-dealkylation sites (tertiary alicyclic amines) is 1. The van der Waals surface area contributed by atoms with E-state index in [-0.39, 0.29) is 5.41 Å². The molecule has 2 amide bonds. The van der Waals surface area contributed by atoms with Crippen LogP contribution < -0.4 is 11.1 Å². The maximum Gasteiger partial charge on any atom is 0.311 e. The highest BCUT2D eigenvalue weighted by Crippen LogP contribution is 2.34. The minimum atomic E-state index is -0.533. The van der Waals surface area contributed by atoms with Gasteiger partial charge in [0.1, 0.15) is 0 Å². The van der Waals surface area contributed by atoms with Gasteiger partial charge in [-0.25, -0.2) is 0 Å². The fraction of sp³-hybridized carbons (Fsp3) is 0.846. The van der Waals surface area contributed by atoms with Crippen LogP contribution in [0.1, 0.15) is 33.6 Å². The third-order valence-corrected chi connectivity index (χ3v) is 3.63. The molecule has 5 heteroatoms. The van der Waals surface area contributed by atoms with Crippen molar-refractivity contribution in [3.63, 3.8) is 0 Å². The fourth-order valence-corrected chi connectivity index (χ4v) is 2.35. The van der Waals surface area contributed by atoms with Crippen molar-refractivity contribution in [2.24, 2.45) is 17.1 Å². The lowest BCUT2D eigenvalue weighted by atomic mass is 9.75. The van der Waals surface area contributed by atoms with Crippen molar-refractivity contribution in [1.82, 2.24) is 10.2 Å². The van der Waals surface area contributed by atoms with Gasteiger partial charge in [0, 0.05) is 26.2 Å². The Balaban J connectivity index is 2.43. The Kier molecular flexibility index (Phi) is 5.14. The molecule has 0 aromatic heterocycles. The summed E-state index contributed by atoms with van der Waals surface area (Å²) in [5.74, 6) is -0.334. The molecule has 0 aromatic carbocycles. The zero-order chi connectivity index (χ0) is 13.8. The van der Waals surface area contributed by atoms with Gasteiger partial charge in [-0.1, -0.05) is 20.8 Å². The van der Waals surface area contributed by atoms with Crippen LogP contribution in [0.5, 0.6) is 0 Å². The van der Waals surface area contributed by atoms with Crippen LogP contribution in [0.4, 0.5) is 0 Å². The molecule has 1 rings (SSSR count).